The summed E-state index contributed by atoms with van der Waals surface area (Å²) < 4.78 is 16.8. The average molecular weight is 1380 g/mol. The van der Waals surface area contributed by atoms with Crippen molar-refractivity contribution in [1.29, 1.82) is 0 Å². The smallest absolute Gasteiger partial charge is 0.119 e. The number of nitrogens with zero attached hydrogens (tertiary/aromatic N) is 3. The van der Waals surface area contributed by atoms with Gasteiger partial charge in [-0.2, -0.15) is 0 Å². The van der Waals surface area contributed by atoms with E-state index in [0.717, 1.165) is 217 Å². The van der Waals surface area contributed by atoms with Gasteiger partial charge in [-0.05, 0) is 213 Å². The van der Waals surface area contributed by atoms with E-state index in [1.165, 1.54) is 12.8 Å². The minimum atomic E-state index is 0. The minimum absolute atomic E-state index is 0. The van der Waals surface area contributed by atoms with Crippen LogP contribution < -0.4 is 51.4 Å². The molecule has 0 bridgehead atoms. The average Bonchev–Trinajstić information content (AvgIpc) is 1.59. The van der Waals surface area contributed by atoms with Crippen molar-refractivity contribution >= 4 is 204 Å². The largest absolute Gasteiger partial charge is 0.497 e. The van der Waals surface area contributed by atoms with Crippen LogP contribution in [0.3, 0.4) is 0 Å². The van der Waals surface area contributed by atoms with Gasteiger partial charge in [-0.1, -0.05) is 47.6 Å². The number of anilines is 3. The summed E-state index contributed by atoms with van der Waals surface area (Å²) in [4.78, 5) is 14.7. The third kappa shape index (κ3) is 21.5. The molecule has 86 heavy (non-hydrogen) atoms. The predicted molar refractivity (Wildman–Crippen MR) is 385 cm³/mol. The Hall–Kier alpha value is -4.13. The molecule has 0 aliphatic rings. The lowest BCUT2D eigenvalue weighted by molar-refractivity contribution is 0.415. The summed E-state index contributed by atoms with van der Waals surface area (Å²) in [6, 6.07) is 36.1. The molecule has 3 aromatic heterocycles. The Morgan fingerprint density at radius 3 is 0.988 bits per heavy atom. The zero-order valence-corrected chi connectivity index (χ0v) is 56.7. The molecular formula is C63H82Cl10N10O3. The van der Waals surface area contributed by atoms with Crippen molar-refractivity contribution in [3.8, 4) is 17.2 Å². The first-order chi connectivity index (χ1) is 38.8. The van der Waals surface area contributed by atoms with Crippen LogP contribution in [0.2, 0.25) is 15.1 Å². The third-order valence-electron chi connectivity index (χ3n) is 14.6. The molecule has 472 valence electrons. The molecule has 3 heterocycles. The van der Waals surface area contributed by atoms with Gasteiger partial charge in [-0.3, -0.25) is 0 Å². The maximum Gasteiger partial charge on any atom is 0.119 e. The van der Waals surface area contributed by atoms with E-state index in [9.17, 15) is 0 Å². The molecule has 0 saturated heterocycles. The van der Waals surface area contributed by atoms with Crippen LogP contribution >= 0.6 is 122 Å². The summed E-state index contributed by atoms with van der Waals surface area (Å²) in [6.45, 7) is 9.42. The van der Waals surface area contributed by atoms with Crippen LogP contribution in [0.25, 0.3) is 65.4 Å². The molecular weight excluding hydrogens is 1300 g/mol. The molecule has 13 nitrogen and oxygen atoms in total. The number of pyridine rings is 3. The molecule has 6 aromatic carbocycles. The van der Waals surface area contributed by atoms with Crippen molar-refractivity contribution < 1.29 is 14.2 Å². The molecule has 9 aromatic rings. The Balaban J connectivity index is 0.00000360. The van der Waals surface area contributed by atoms with Gasteiger partial charge in [0, 0.05) is 66.5 Å². The highest BCUT2D eigenvalue weighted by molar-refractivity contribution is 6.32. The number of halogens is 10. The first-order valence-electron chi connectivity index (χ1n) is 28.1. The topological polar surface area (TPSA) is 151 Å². The van der Waals surface area contributed by atoms with E-state index < -0.39 is 0 Å². The Morgan fingerprint density at radius 1 is 0.326 bits per heavy atom. The number of ether oxygens (including phenoxy) is 3. The van der Waals surface area contributed by atoms with Gasteiger partial charge in [-0.15, -0.1) is 86.8 Å². The maximum absolute atomic E-state index is 6.50. The Labute approximate surface area is 564 Å². The van der Waals surface area contributed by atoms with Crippen LogP contribution in [-0.2, 0) is 0 Å². The number of rotatable bonds is 33. The Morgan fingerprint density at radius 2 is 0.640 bits per heavy atom. The monoisotopic (exact) mass is 1380 g/mol. The lowest BCUT2D eigenvalue weighted by Crippen LogP contribution is -2.30. The molecule has 0 atom stereocenters. The van der Waals surface area contributed by atoms with Gasteiger partial charge in [0.1, 0.15) is 17.2 Å². The van der Waals surface area contributed by atoms with E-state index in [-0.39, 0.29) is 92.9 Å². The van der Waals surface area contributed by atoms with Crippen molar-refractivity contribution in [2.75, 3.05) is 103 Å². The number of nitrogens with one attached hydrogen (secondary N) is 7. The van der Waals surface area contributed by atoms with Crippen LogP contribution in [-0.4, -0.2) is 108 Å². The third-order valence-corrected chi connectivity index (χ3v) is 15.3. The number of hydrogen-bond donors (Lipinski definition) is 7. The number of benzene rings is 6. The fraction of sp³-hybridized carbons (Fsp3) is 0.381. The van der Waals surface area contributed by atoms with Crippen LogP contribution in [0.15, 0.2) is 109 Å². The molecule has 0 aliphatic carbocycles. The summed E-state index contributed by atoms with van der Waals surface area (Å²) in [5, 5.41) is 34.6. The van der Waals surface area contributed by atoms with Crippen LogP contribution in [0, 0.1) is 0 Å². The first-order valence-corrected chi connectivity index (χ1v) is 29.2. The number of hydrogen-bond acceptors (Lipinski definition) is 13. The molecule has 9 rings (SSSR count). The van der Waals surface area contributed by atoms with Gasteiger partial charge in [0.25, 0.3) is 0 Å². The van der Waals surface area contributed by atoms with Crippen molar-refractivity contribution in [3.63, 3.8) is 0 Å². The Kier molecular flexibility index (Phi) is 36.7. The zero-order valence-electron chi connectivity index (χ0n) is 48.7. The predicted octanol–water partition coefficient (Wildman–Crippen LogP) is 17.0. The van der Waals surface area contributed by atoms with Gasteiger partial charge in [0.2, 0.25) is 0 Å². The fourth-order valence-corrected chi connectivity index (χ4v) is 10.9. The van der Waals surface area contributed by atoms with E-state index in [1.54, 1.807) is 21.3 Å². The highest BCUT2D eigenvalue weighted by Crippen LogP contribution is 2.38. The van der Waals surface area contributed by atoms with E-state index in [0.29, 0.717) is 15.1 Å². The number of aromatic nitrogens is 3. The summed E-state index contributed by atoms with van der Waals surface area (Å²) in [6.07, 6.45) is 10.9. The van der Waals surface area contributed by atoms with E-state index >= 15 is 0 Å². The van der Waals surface area contributed by atoms with E-state index in [2.05, 4.69) is 61.5 Å². The van der Waals surface area contributed by atoms with Gasteiger partial charge in [-0.25, -0.2) is 15.0 Å². The maximum atomic E-state index is 6.50. The van der Waals surface area contributed by atoms with Gasteiger partial charge in [0.05, 0.1) is 71.5 Å². The van der Waals surface area contributed by atoms with Crippen LogP contribution in [0.4, 0.5) is 17.1 Å². The molecule has 0 radical (unpaired) electrons. The van der Waals surface area contributed by atoms with Crippen molar-refractivity contribution in [1.82, 2.24) is 36.2 Å². The van der Waals surface area contributed by atoms with E-state index in [4.69, 9.17) is 64.0 Å². The number of methoxy groups -OCH3 is 3. The van der Waals surface area contributed by atoms with Gasteiger partial charge in [0.15, 0.2) is 0 Å². The SMILES string of the molecule is COc1ccc2nc3cc(Cl)ccc3c(NCCCNCCCCCNCCC(CCNCCCCCNCCCNc3c4ccc(Cl)cc4nc4ccc(OC)cc34)Nc3c4ccc(Cl)cc4nc4ccc(OC)cc34)c2c1.Cl.Cl.Cl.Cl.Cl.Cl.Cl. The van der Waals surface area contributed by atoms with E-state index in [1.807, 2.05) is 84.9 Å². The quantitative estimate of drug-likeness (QED) is 0.0155. The second-order valence-corrected chi connectivity index (χ2v) is 21.5. The van der Waals surface area contributed by atoms with Crippen molar-refractivity contribution in [2.24, 2.45) is 0 Å². The lowest BCUT2D eigenvalue weighted by Gasteiger charge is -2.23. The van der Waals surface area contributed by atoms with Gasteiger partial charge < -0.3 is 51.4 Å². The summed E-state index contributed by atoms with van der Waals surface area (Å²) in [5.41, 5.74) is 8.57. The highest BCUT2D eigenvalue weighted by atomic mass is 35.5. The first kappa shape index (κ1) is 78.0. The summed E-state index contributed by atoms with van der Waals surface area (Å²) in [5.74, 6) is 2.42. The molecule has 0 unspecified atom stereocenters. The second kappa shape index (κ2) is 40.5. The van der Waals surface area contributed by atoms with Crippen molar-refractivity contribution in [3.05, 3.63) is 124 Å². The number of fused-ring (bicyclic) bond motifs is 6. The van der Waals surface area contributed by atoms with Gasteiger partial charge >= 0.3 is 0 Å². The molecule has 0 saturated carbocycles. The second-order valence-electron chi connectivity index (χ2n) is 20.2. The summed E-state index contributed by atoms with van der Waals surface area (Å²) in [7, 11) is 5.09. The van der Waals surface area contributed by atoms with Crippen LogP contribution in [0.1, 0.15) is 64.2 Å². The normalized spacial score (nSPS) is 10.8. The molecule has 0 fully saturated rings. The number of unbranched alkanes of at least 4 members (excludes halogenated alkanes) is 4. The Bertz CT molecular complexity index is 3330. The molecule has 0 spiro atoms. The summed E-state index contributed by atoms with van der Waals surface area (Å²) >= 11 is 19.2. The molecule has 0 amide bonds. The fourth-order valence-electron chi connectivity index (χ4n) is 10.4. The zero-order chi connectivity index (χ0) is 54.8. The molecule has 0 aliphatic heterocycles. The lowest BCUT2D eigenvalue weighted by atomic mass is 10.0. The standard InChI is InChI=1S/C63H75Cl3N10O3.7ClH/c1-77-46-15-21-55-52(39-46)61(49-18-12-42(64)36-58(49)74-55)71-32-10-30-67-26-6-4-8-28-69-34-24-45(73-63-51-20-14-44(66)38-60(51)76-57-23-17-48(79-3)41-54(57)63)25-35-70-29-9-5-7-27-68-31-11-33-72-62-50-19-13-43(65)37-59(50)75-56-22-16-47(78-2)40-53(56)62;;;;;;;/h12-23,36-41,45,67-70H,4-11,24-35H2,1-3H3,(H,71,74)(H,72,75)(H,73,76);7*1H. The van der Waals surface area contributed by atoms with Crippen molar-refractivity contribution in [2.45, 2.75) is 70.3 Å². The molecule has 7 N–H and O–H groups in total. The highest BCUT2D eigenvalue weighted by Gasteiger charge is 2.17. The van der Waals surface area contributed by atoms with Crippen LogP contribution in [0.5, 0.6) is 17.2 Å². The minimum Gasteiger partial charge on any atom is -0.497 e. The molecule has 23 heteroatoms.